The number of aromatic nitrogens is 1. The SMILES string of the molecule is Cc1cccc(-c2c3ccccc3c(-c3ccc4cc(-c5cc(C6=CNCC=C6)c(C(C)C)cn5)ccc4c3)c3ccccc23)c1. The first-order chi connectivity index (χ1) is 22.5. The highest BCUT2D eigenvalue weighted by atomic mass is 14.8. The van der Waals surface area contributed by atoms with Crippen molar-refractivity contribution in [3.05, 3.63) is 157 Å². The number of benzene rings is 6. The highest BCUT2D eigenvalue weighted by molar-refractivity contribution is 6.21. The van der Waals surface area contributed by atoms with E-state index in [0.29, 0.717) is 5.92 Å². The molecule has 0 fully saturated rings. The molecule has 1 aliphatic rings. The van der Waals surface area contributed by atoms with Gasteiger partial charge >= 0.3 is 0 Å². The molecule has 0 spiro atoms. The van der Waals surface area contributed by atoms with Crippen molar-refractivity contribution in [3.63, 3.8) is 0 Å². The second kappa shape index (κ2) is 11.5. The molecule has 0 saturated carbocycles. The summed E-state index contributed by atoms with van der Waals surface area (Å²) in [5.41, 5.74) is 12.2. The smallest absolute Gasteiger partial charge is 0.0708 e. The normalized spacial score (nSPS) is 13.0. The van der Waals surface area contributed by atoms with Crippen LogP contribution in [0.15, 0.2) is 140 Å². The van der Waals surface area contributed by atoms with Gasteiger partial charge in [-0.1, -0.05) is 129 Å². The Morgan fingerprint density at radius 2 is 1.24 bits per heavy atom. The van der Waals surface area contributed by atoms with Crippen LogP contribution in [0.25, 0.3) is 71.4 Å². The van der Waals surface area contributed by atoms with Crippen LogP contribution in [0.1, 0.15) is 36.5 Å². The number of fused-ring (bicyclic) bond motifs is 3. The first kappa shape index (κ1) is 28.0. The van der Waals surface area contributed by atoms with E-state index >= 15 is 0 Å². The van der Waals surface area contributed by atoms with Gasteiger partial charge in [0, 0.05) is 24.5 Å². The molecule has 0 amide bonds. The van der Waals surface area contributed by atoms with Crippen LogP contribution in [0.3, 0.4) is 0 Å². The van der Waals surface area contributed by atoms with E-state index in [2.05, 4.69) is 166 Å². The highest BCUT2D eigenvalue weighted by Crippen LogP contribution is 2.44. The molecule has 1 N–H and O–H groups in total. The fourth-order valence-electron chi connectivity index (χ4n) is 7.08. The zero-order valence-electron chi connectivity index (χ0n) is 26.5. The van der Waals surface area contributed by atoms with Crippen molar-refractivity contribution < 1.29 is 0 Å². The molecule has 0 bridgehead atoms. The number of hydrogen-bond donors (Lipinski definition) is 1. The molecule has 2 nitrogen and oxygen atoms in total. The Labute approximate surface area is 270 Å². The molecule has 2 heterocycles. The summed E-state index contributed by atoms with van der Waals surface area (Å²) in [7, 11) is 0. The fraction of sp³-hybridized carbons (Fsp3) is 0.114. The minimum Gasteiger partial charge on any atom is -0.387 e. The van der Waals surface area contributed by atoms with E-state index in [9.17, 15) is 0 Å². The number of aryl methyl sites for hydroxylation is 1. The van der Waals surface area contributed by atoms with Gasteiger partial charge in [-0.2, -0.15) is 0 Å². The third-order valence-electron chi connectivity index (χ3n) is 9.32. The Morgan fingerprint density at radius 1 is 0.630 bits per heavy atom. The third kappa shape index (κ3) is 4.87. The lowest BCUT2D eigenvalue weighted by atomic mass is 9.85. The van der Waals surface area contributed by atoms with Crippen LogP contribution in [-0.2, 0) is 0 Å². The third-order valence-corrected chi connectivity index (χ3v) is 9.32. The van der Waals surface area contributed by atoms with E-state index in [1.54, 1.807) is 0 Å². The Morgan fingerprint density at radius 3 is 1.83 bits per heavy atom. The summed E-state index contributed by atoms with van der Waals surface area (Å²) >= 11 is 0. The zero-order valence-corrected chi connectivity index (χ0v) is 26.5. The predicted molar refractivity (Wildman–Crippen MR) is 197 cm³/mol. The van der Waals surface area contributed by atoms with E-state index in [0.717, 1.165) is 17.8 Å². The van der Waals surface area contributed by atoms with Gasteiger partial charge in [-0.25, -0.2) is 0 Å². The summed E-state index contributed by atoms with van der Waals surface area (Å²) < 4.78 is 0. The molecule has 1 aliphatic heterocycles. The van der Waals surface area contributed by atoms with Crippen molar-refractivity contribution in [1.82, 2.24) is 10.3 Å². The molecule has 8 rings (SSSR count). The molecule has 6 aromatic carbocycles. The highest BCUT2D eigenvalue weighted by Gasteiger charge is 2.18. The van der Waals surface area contributed by atoms with Gasteiger partial charge in [-0.05, 0) is 102 Å². The molecule has 7 aromatic rings. The van der Waals surface area contributed by atoms with Gasteiger partial charge in [0.15, 0.2) is 0 Å². The number of nitrogens with one attached hydrogen (secondary N) is 1. The summed E-state index contributed by atoms with van der Waals surface area (Å²) in [5, 5.41) is 10.9. The molecule has 2 heteroatoms. The average molecular weight is 593 g/mol. The number of allylic oxidation sites excluding steroid dienone is 2. The van der Waals surface area contributed by atoms with Crippen molar-refractivity contribution in [2.75, 3.05) is 6.54 Å². The largest absolute Gasteiger partial charge is 0.387 e. The maximum Gasteiger partial charge on any atom is 0.0708 e. The van der Waals surface area contributed by atoms with Crippen LogP contribution in [0.5, 0.6) is 0 Å². The Kier molecular flexibility index (Phi) is 6.99. The fourth-order valence-corrected chi connectivity index (χ4v) is 7.08. The second-order valence-electron chi connectivity index (χ2n) is 12.7. The van der Waals surface area contributed by atoms with E-state index in [-0.39, 0.29) is 0 Å². The molecule has 0 aliphatic carbocycles. The summed E-state index contributed by atoms with van der Waals surface area (Å²) in [6, 6.07) is 42.5. The summed E-state index contributed by atoms with van der Waals surface area (Å²) in [6.45, 7) is 7.50. The zero-order chi connectivity index (χ0) is 31.2. The van der Waals surface area contributed by atoms with Crippen LogP contribution >= 0.6 is 0 Å². The number of hydrogen-bond acceptors (Lipinski definition) is 2. The van der Waals surface area contributed by atoms with Gasteiger partial charge in [0.1, 0.15) is 0 Å². The molecule has 0 saturated heterocycles. The van der Waals surface area contributed by atoms with Crippen LogP contribution < -0.4 is 5.32 Å². The van der Waals surface area contributed by atoms with Crippen molar-refractivity contribution in [1.29, 1.82) is 0 Å². The quantitative estimate of drug-likeness (QED) is 0.201. The number of dihydropyridines is 1. The van der Waals surface area contributed by atoms with Gasteiger partial charge < -0.3 is 5.32 Å². The maximum absolute atomic E-state index is 4.93. The first-order valence-electron chi connectivity index (χ1n) is 16.2. The molecule has 0 unspecified atom stereocenters. The molecule has 1 aromatic heterocycles. The summed E-state index contributed by atoms with van der Waals surface area (Å²) in [5.74, 6) is 0.390. The van der Waals surface area contributed by atoms with Gasteiger partial charge in [0.25, 0.3) is 0 Å². The van der Waals surface area contributed by atoms with Gasteiger partial charge in [0.05, 0.1) is 5.69 Å². The molecule has 0 atom stereocenters. The van der Waals surface area contributed by atoms with E-state index in [4.69, 9.17) is 4.98 Å². The van der Waals surface area contributed by atoms with Crippen LogP contribution in [0.4, 0.5) is 0 Å². The Balaban J connectivity index is 1.27. The predicted octanol–water partition coefficient (Wildman–Crippen LogP) is 11.5. The van der Waals surface area contributed by atoms with E-state index in [1.165, 1.54) is 76.8 Å². The van der Waals surface area contributed by atoms with Crippen molar-refractivity contribution in [2.45, 2.75) is 26.7 Å². The van der Waals surface area contributed by atoms with Crippen LogP contribution in [0, 0.1) is 6.92 Å². The van der Waals surface area contributed by atoms with Crippen LogP contribution in [-0.4, -0.2) is 11.5 Å². The van der Waals surface area contributed by atoms with E-state index in [1.807, 2.05) is 0 Å². The monoisotopic (exact) mass is 592 g/mol. The van der Waals surface area contributed by atoms with Crippen molar-refractivity contribution >= 4 is 37.9 Å². The standard InChI is InChI=1S/C44H36N2/c1-28(2)41-27-46-42(25-40(41)35-12-9-21-45-26-35)32-19-17-31-24-34(20-18-30(31)23-32)44-38-15-6-4-13-36(38)43(33-11-8-10-29(3)22-33)37-14-5-7-16-39(37)44/h4-20,22-28,45H,21H2,1-3H3. The molecular formula is C44H36N2. The molecular weight excluding hydrogens is 556 g/mol. The van der Waals surface area contributed by atoms with E-state index < -0.39 is 0 Å². The lowest BCUT2D eigenvalue weighted by molar-refractivity contribution is 0.853. The second-order valence-corrected chi connectivity index (χ2v) is 12.7. The Bertz CT molecular complexity index is 2300. The minimum absolute atomic E-state index is 0.390. The summed E-state index contributed by atoms with van der Waals surface area (Å²) in [4.78, 5) is 4.93. The topological polar surface area (TPSA) is 24.9 Å². The lowest BCUT2D eigenvalue weighted by Crippen LogP contribution is -2.10. The number of pyridine rings is 1. The van der Waals surface area contributed by atoms with Gasteiger partial charge in [-0.15, -0.1) is 0 Å². The molecule has 46 heavy (non-hydrogen) atoms. The van der Waals surface area contributed by atoms with Gasteiger partial charge in [0.2, 0.25) is 0 Å². The van der Waals surface area contributed by atoms with Crippen molar-refractivity contribution in [2.24, 2.45) is 0 Å². The molecule has 222 valence electrons. The number of rotatable bonds is 5. The number of nitrogens with zero attached hydrogens (tertiary/aromatic N) is 1. The van der Waals surface area contributed by atoms with Crippen molar-refractivity contribution in [3.8, 4) is 33.5 Å². The summed E-state index contributed by atoms with van der Waals surface area (Å²) in [6.07, 6.45) is 8.57. The maximum atomic E-state index is 4.93. The first-order valence-corrected chi connectivity index (χ1v) is 16.2. The van der Waals surface area contributed by atoms with Gasteiger partial charge in [-0.3, -0.25) is 4.98 Å². The Hall–Kier alpha value is -5.47. The minimum atomic E-state index is 0.390. The molecule has 0 radical (unpaired) electrons. The lowest BCUT2D eigenvalue weighted by Gasteiger charge is -2.18. The van der Waals surface area contributed by atoms with Crippen LogP contribution in [0.2, 0.25) is 0 Å². The average Bonchev–Trinajstić information content (AvgIpc) is 3.10.